The molecule has 3 rings (SSSR count). The predicted molar refractivity (Wildman–Crippen MR) is 145 cm³/mol. The highest BCUT2D eigenvalue weighted by atomic mass is 79.9. The second kappa shape index (κ2) is 12.0. The van der Waals surface area contributed by atoms with Gasteiger partial charge in [-0.1, -0.05) is 42.0 Å². The molecule has 0 spiro atoms. The average molecular weight is 574 g/mol. The van der Waals surface area contributed by atoms with E-state index in [4.69, 9.17) is 9.47 Å². The Morgan fingerprint density at radius 1 is 1.08 bits per heavy atom. The van der Waals surface area contributed by atoms with Crippen LogP contribution in [0.3, 0.4) is 0 Å². The molecule has 0 saturated carbocycles. The zero-order valence-electron chi connectivity index (χ0n) is 20.5. The van der Waals surface area contributed by atoms with Crippen LogP contribution in [0, 0.1) is 13.8 Å². The summed E-state index contributed by atoms with van der Waals surface area (Å²) in [7, 11) is -2.13. The van der Waals surface area contributed by atoms with Gasteiger partial charge in [-0.25, -0.2) is 13.8 Å². The van der Waals surface area contributed by atoms with Crippen LogP contribution in [0.5, 0.6) is 11.5 Å². The minimum Gasteiger partial charge on any atom is -0.493 e. The maximum Gasteiger partial charge on any atom is 0.260 e. The molecule has 0 unspecified atom stereocenters. The van der Waals surface area contributed by atoms with Crippen LogP contribution in [0.25, 0.3) is 0 Å². The Morgan fingerprint density at radius 2 is 1.81 bits per heavy atom. The van der Waals surface area contributed by atoms with Crippen LogP contribution >= 0.6 is 15.9 Å². The molecule has 0 bridgehead atoms. The van der Waals surface area contributed by atoms with Crippen LogP contribution in [0.4, 0.5) is 5.69 Å². The van der Waals surface area contributed by atoms with Crippen molar-refractivity contribution < 1.29 is 22.7 Å². The number of aryl methyl sites for hydroxylation is 2. The molecule has 1 N–H and O–H groups in total. The summed E-state index contributed by atoms with van der Waals surface area (Å²) < 4.78 is 37.6. The number of ether oxygens (including phenoxy) is 2. The van der Waals surface area contributed by atoms with Crippen molar-refractivity contribution >= 4 is 43.8 Å². The third kappa shape index (κ3) is 7.56. The minimum atomic E-state index is -3.67. The molecule has 8 nitrogen and oxygen atoms in total. The van der Waals surface area contributed by atoms with E-state index >= 15 is 0 Å². The normalized spacial score (nSPS) is 11.4. The molecule has 3 aromatic rings. The summed E-state index contributed by atoms with van der Waals surface area (Å²) in [5.74, 6) is 0.454. The second-order valence-corrected chi connectivity index (χ2v) is 11.0. The van der Waals surface area contributed by atoms with E-state index in [1.165, 1.54) is 18.9 Å². The van der Waals surface area contributed by atoms with Gasteiger partial charge in [0.15, 0.2) is 11.5 Å². The van der Waals surface area contributed by atoms with Crippen molar-refractivity contribution in [3.8, 4) is 11.5 Å². The van der Waals surface area contributed by atoms with Crippen molar-refractivity contribution in [3.63, 3.8) is 0 Å². The Kier molecular flexibility index (Phi) is 9.11. The van der Waals surface area contributed by atoms with Crippen LogP contribution < -0.4 is 19.2 Å². The topological polar surface area (TPSA) is 97.3 Å². The number of benzene rings is 3. The van der Waals surface area contributed by atoms with Crippen LogP contribution in [-0.2, 0) is 21.4 Å². The maximum atomic E-state index is 12.4. The highest BCUT2D eigenvalue weighted by Gasteiger charge is 2.20. The van der Waals surface area contributed by atoms with Gasteiger partial charge >= 0.3 is 0 Å². The van der Waals surface area contributed by atoms with Gasteiger partial charge in [0.25, 0.3) is 5.91 Å². The zero-order valence-corrected chi connectivity index (χ0v) is 22.9. The van der Waals surface area contributed by atoms with Gasteiger partial charge in [-0.05, 0) is 70.7 Å². The largest absolute Gasteiger partial charge is 0.493 e. The first kappa shape index (κ1) is 27.2. The van der Waals surface area contributed by atoms with Gasteiger partial charge in [-0.15, -0.1) is 0 Å². The van der Waals surface area contributed by atoms with E-state index in [0.29, 0.717) is 33.8 Å². The molecule has 0 saturated heterocycles. The number of rotatable bonds is 10. The Morgan fingerprint density at radius 3 is 2.44 bits per heavy atom. The highest BCUT2D eigenvalue weighted by Crippen LogP contribution is 2.36. The van der Waals surface area contributed by atoms with Crippen molar-refractivity contribution in [1.29, 1.82) is 0 Å². The highest BCUT2D eigenvalue weighted by molar-refractivity contribution is 9.10. The molecule has 0 fully saturated rings. The summed E-state index contributed by atoms with van der Waals surface area (Å²) in [5.41, 5.74) is 6.50. The van der Waals surface area contributed by atoms with Crippen LogP contribution in [0.15, 0.2) is 70.2 Å². The molecule has 10 heteroatoms. The third-order valence-electron chi connectivity index (χ3n) is 5.14. The fraction of sp³-hybridized carbons (Fsp3) is 0.231. The average Bonchev–Trinajstić information content (AvgIpc) is 2.82. The molecule has 0 aliphatic heterocycles. The van der Waals surface area contributed by atoms with E-state index in [1.54, 1.807) is 30.3 Å². The predicted octanol–water partition coefficient (Wildman–Crippen LogP) is 4.57. The van der Waals surface area contributed by atoms with Crippen molar-refractivity contribution in [2.45, 2.75) is 20.5 Å². The summed E-state index contributed by atoms with van der Waals surface area (Å²) in [6.45, 7) is 3.84. The van der Waals surface area contributed by atoms with E-state index in [2.05, 4.69) is 26.5 Å². The van der Waals surface area contributed by atoms with Gasteiger partial charge in [0.2, 0.25) is 10.0 Å². The smallest absolute Gasteiger partial charge is 0.260 e. The van der Waals surface area contributed by atoms with Crippen LogP contribution in [0.1, 0.15) is 22.3 Å². The van der Waals surface area contributed by atoms with Gasteiger partial charge in [0.1, 0.15) is 13.2 Å². The quantitative estimate of drug-likeness (QED) is 0.283. The van der Waals surface area contributed by atoms with Crippen molar-refractivity contribution in [1.82, 2.24) is 5.43 Å². The van der Waals surface area contributed by atoms with Crippen molar-refractivity contribution in [2.24, 2.45) is 5.10 Å². The molecule has 0 aliphatic carbocycles. The number of hydrogen-bond acceptors (Lipinski definition) is 6. The summed E-state index contributed by atoms with van der Waals surface area (Å²) >= 11 is 3.50. The molecular weight excluding hydrogens is 546 g/mol. The van der Waals surface area contributed by atoms with Gasteiger partial charge in [-0.3, -0.25) is 9.10 Å². The minimum absolute atomic E-state index is 0.372. The Hall–Kier alpha value is -3.37. The number of nitrogens with one attached hydrogen (secondary N) is 1. The number of carbonyl (C=O) groups excluding carboxylic acids is 1. The molecule has 0 heterocycles. The Labute approximate surface area is 220 Å². The molecule has 0 atom stereocenters. The summed E-state index contributed by atoms with van der Waals surface area (Å²) in [6.07, 6.45) is 2.49. The van der Waals surface area contributed by atoms with Crippen LogP contribution in [0.2, 0.25) is 0 Å². The molecule has 3 aromatic carbocycles. The number of halogens is 1. The first-order valence-corrected chi connectivity index (χ1v) is 13.6. The second-order valence-electron chi connectivity index (χ2n) is 8.21. The SMILES string of the molecule is COc1cc(/C=N\NC(=O)CN(c2cccc(C)c2)S(C)(=O)=O)cc(Br)c1OCc1ccc(C)cc1. The molecular formula is C26H28BrN3O5S. The first-order chi connectivity index (χ1) is 17.1. The fourth-order valence-corrected chi connectivity index (χ4v) is 4.74. The first-order valence-electron chi connectivity index (χ1n) is 11.0. The number of methoxy groups -OCH3 is 1. The molecule has 1 amide bonds. The number of amides is 1. The lowest BCUT2D eigenvalue weighted by Crippen LogP contribution is -2.39. The van der Waals surface area contributed by atoms with Gasteiger partial charge in [-0.2, -0.15) is 5.10 Å². The fourth-order valence-electron chi connectivity index (χ4n) is 3.32. The van der Waals surface area contributed by atoms with E-state index in [-0.39, 0.29) is 0 Å². The standard InChI is InChI=1S/C26H28BrN3O5S/c1-18-8-10-20(11-9-18)17-35-26-23(27)13-21(14-24(26)34-3)15-28-29-25(31)16-30(36(4,32)33)22-7-5-6-19(2)12-22/h5-15H,16-17H2,1-4H3,(H,29,31)/b28-15-. The Balaban J connectivity index is 1.67. The zero-order chi connectivity index (χ0) is 26.3. The number of sulfonamides is 1. The summed E-state index contributed by atoms with van der Waals surface area (Å²) in [5, 5.41) is 3.97. The van der Waals surface area contributed by atoms with E-state index in [9.17, 15) is 13.2 Å². The number of hydrogen-bond donors (Lipinski definition) is 1. The van der Waals surface area contributed by atoms with Crippen LogP contribution in [-0.4, -0.2) is 40.4 Å². The molecule has 0 aliphatic rings. The lowest BCUT2D eigenvalue weighted by Gasteiger charge is -2.21. The molecule has 0 aromatic heterocycles. The molecule has 0 radical (unpaired) electrons. The van der Waals surface area contributed by atoms with Gasteiger partial charge in [0, 0.05) is 0 Å². The number of carbonyl (C=O) groups is 1. The molecule has 36 heavy (non-hydrogen) atoms. The van der Waals surface area contributed by atoms with E-state index in [0.717, 1.165) is 21.7 Å². The number of nitrogens with zero attached hydrogens (tertiary/aromatic N) is 2. The molecule has 190 valence electrons. The van der Waals surface area contributed by atoms with Gasteiger partial charge in [0.05, 0.1) is 29.7 Å². The monoisotopic (exact) mass is 573 g/mol. The lowest BCUT2D eigenvalue weighted by atomic mass is 10.2. The lowest BCUT2D eigenvalue weighted by molar-refractivity contribution is -0.119. The summed E-state index contributed by atoms with van der Waals surface area (Å²) in [4.78, 5) is 12.4. The number of anilines is 1. The van der Waals surface area contributed by atoms with Crippen molar-refractivity contribution in [2.75, 3.05) is 24.2 Å². The van der Waals surface area contributed by atoms with E-state index < -0.39 is 22.5 Å². The Bertz CT molecular complexity index is 1360. The number of hydrazone groups is 1. The van der Waals surface area contributed by atoms with Crippen molar-refractivity contribution in [3.05, 3.63) is 87.4 Å². The third-order valence-corrected chi connectivity index (χ3v) is 6.87. The maximum absolute atomic E-state index is 12.4. The van der Waals surface area contributed by atoms with Gasteiger partial charge < -0.3 is 9.47 Å². The summed E-state index contributed by atoms with van der Waals surface area (Å²) in [6, 6.07) is 18.5. The van der Waals surface area contributed by atoms with E-state index in [1.807, 2.05) is 44.2 Å².